The molecule has 0 saturated heterocycles. The average Bonchev–Trinajstić information content (AvgIpc) is 2.96. The van der Waals surface area contributed by atoms with E-state index in [1.165, 1.54) is 11.3 Å². The second-order valence-corrected chi connectivity index (χ2v) is 7.02. The zero-order valence-corrected chi connectivity index (χ0v) is 13.1. The molecular weight excluding hydrogens is 308 g/mol. The monoisotopic (exact) mass is 322 g/mol. The molecule has 3 aromatic rings. The molecule has 8 heteroatoms. The van der Waals surface area contributed by atoms with Gasteiger partial charge in [-0.3, -0.25) is 9.12 Å². The van der Waals surface area contributed by atoms with E-state index in [1.54, 1.807) is 35.2 Å². The molecule has 0 atom stereocenters. The van der Waals surface area contributed by atoms with Crippen LogP contribution in [0.5, 0.6) is 0 Å². The minimum atomic E-state index is -3.73. The van der Waals surface area contributed by atoms with Crippen molar-refractivity contribution in [2.75, 3.05) is 17.1 Å². The number of aryl methyl sites for hydroxylation is 1. The van der Waals surface area contributed by atoms with Gasteiger partial charge in [0.2, 0.25) is 5.03 Å². The fraction of sp³-hybridized carbons (Fsp3) is 0.154. The fourth-order valence-electron chi connectivity index (χ4n) is 2.10. The van der Waals surface area contributed by atoms with Crippen molar-refractivity contribution < 1.29 is 8.42 Å². The van der Waals surface area contributed by atoms with Crippen LogP contribution in [0.2, 0.25) is 0 Å². The highest BCUT2D eigenvalue weighted by Crippen LogP contribution is 2.27. The van der Waals surface area contributed by atoms with Gasteiger partial charge < -0.3 is 5.32 Å². The molecule has 0 aliphatic rings. The predicted octanol–water partition coefficient (Wildman–Crippen LogP) is 2.55. The first kappa shape index (κ1) is 13.9. The number of hydrogen-bond acceptors (Lipinski definition) is 5. The summed E-state index contributed by atoms with van der Waals surface area (Å²) in [7, 11) is -2.08. The van der Waals surface area contributed by atoms with Crippen molar-refractivity contribution in [2.45, 2.75) is 11.9 Å². The van der Waals surface area contributed by atoms with E-state index in [9.17, 15) is 8.42 Å². The van der Waals surface area contributed by atoms with Gasteiger partial charge in [0.1, 0.15) is 0 Å². The first-order chi connectivity index (χ1) is 10.0. The molecule has 0 fully saturated rings. The molecule has 2 heterocycles. The Hall–Kier alpha value is -2.06. The SMILES string of the molecule is CNc1nc2sccn2c1S(=O)(=O)Nc1cccc(C)c1. The number of fused-ring (bicyclic) bond motifs is 1. The van der Waals surface area contributed by atoms with Crippen molar-refractivity contribution in [3.8, 4) is 0 Å². The Morgan fingerprint density at radius 1 is 1.33 bits per heavy atom. The summed E-state index contributed by atoms with van der Waals surface area (Å²) in [5.41, 5.74) is 1.51. The van der Waals surface area contributed by atoms with Crippen molar-refractivity contribution in [3.63, 3.8) is 0 Å². The number of hydrogen-bond donors (Lipinski definition) is 2. The topological polar surface area (TPSA) is 75.5 Å². The lowest BCUT2D eigenvalue weighted by Gasteiger charge is -2.09. The van der Waals surface area contributed by atoms with Crippen LogP contribution in [0, 0.1) is 6.92 Å². The Balaban J connectivity index is 2.09. The van der Waals surface area contributed by atoms with E-state index in [2.05, 4.69) is 15.0 Å². The molecule has 21 heavy (non-hydrogen) atoms. The maximum atomic E-state index is 12.7. The maximum Gasteiger partial charge on any atom is 0.281 e. The maximum absolute atomic E-state index is 12.7. The summed E-state index contributed by atoms with van der Waals surface area (Å²) in [6.07, 6.45) is 1.69. The van der Waals surface area contributed by atoms with Gasteiger partial charge in [-0.25, -0.2) is 4.98 Å². The molecule has 0 aliphatic carbocycles. The highest BCUT2D eigenvalue weighted by atomic mass is 32.2. The molecule has 2 N–H and O–H groups in total. The first-order valence-electron chi connectivity index (χ1n) is 6.24. The minimum absolute atomic E-state index is 0.114. The van der Waals surface area contributed by atoms with E-state index in [0.29, 0.717) is 16.5 Å². The molecule has 0 amide bonds. The normalized spacial score (nSPS) is 11.7. The molecule has 0 spiro atoms. The van der Waals surface area contributed by atoms with Gasteiger partial charge in [0.15, 0.2) is 10.8 Å². The zero-order chi connectivity index (χ0) is 15.0. The predicted molar refractivity (Wildman–Crippen MR) is 84.6 cm³/mol. The number of aromatic nitrogens is 2. The molecule has 1 aromatic carbocycles. The summed E-state index contributed by atoms with van der Waals surface area (Å²) in [4.78, 5) is 4.90. The number of benzene rings is 1. The number of thiazole rings is 1. The number of anilines is 2. The quantitative estimate of drug-likeness (QED) is 0.774. The van der Waals surface area contributed by atoms with Gasteiger partial charge in [-0.15, -0.1) is 11.3 Å². The van der Waals surface area contributed by atoms with Gasteiger partial charge in [0.25, 0.3) is 10.0 Å². The van der Waals surface area contributed by atoms with Crippen LogP contribution >= 0.6 is 11.3 Å². The summed E-state index contributed by atoms with van der Waals surface area (Å²) >= 11 is 1.38. The van der Waals surface area contributed by atoms with E-state index >= 15 is 0 Å². The number of imidazole rings is 1. The third kappa shape index (κ3) is 2.47. The fourth-order valence-corrected chi connectivity index (χ4v) is 4.21. The first-order valence-corrected chi connectivity index (χ1v) is 8.60. The molecule has 0 radical (unpaired) electrons. The summed E-state index contributed by atoms with van der Waals surface area (Å²) < 4.78 is 29.5. The Kier molecular flexibility index (Phi) is 3.34. The Labute approximate surface area is 126 Å². The van der Waals surface area contributed by atoms with Gasteiger partial charge in [-0.1, -0.05) is 12.1 Å². The van der Waals surface area contributed by atoms with Crippen LogP contribution in [0.4, 0.5) is 11.5 Å². The van der Waals surface area contributed by atoms with E-state index < -0.39 is 10.0 Å². The van der Waals surface area contributed by atoms with Gasteiger partial charge in [-0.05, 0) is 24.6 Å². The van der Waals surface area contributed by atoms with Crippen LogP contribution in [0.3, 0.4) is 0 Å². The number of rotatable bonds is 4. The molecular formula is C13H14N4O2S2. The van der Waals surface area contributed by atoms with E-state index in [4.69, 9.17) is 0 Å². The Morgan fingerprint density at radius 2 is 2.14 bits per heavy atom. The van der Waals surface area contributed by atoms with Crippen LogP contribution in [-0.2, 0) is 10.0 Å². The van der Waals surface area contributed by atoms with E-state index in [0.717, 1.165) is 5.56 Å². The number of nitrogens with zero attached hydrogens (tertiary/aromatic N) is 2. The van der Waals surface area contributed by atoms with Crippen molar-refractivity contribution in [1.82, 2.24) is 9.38 Å². The lowest BCUT2D eigenvalue weighted by Crippen LogP contribution is -2.16. The van der Waals surface area contributed by atoms with Crippen LogP contribution in [0.1, 0.15) is 5.56 Å². The van der Waals surface area contributed by atoms with Crippen molar-refractivity contribution >= 4 is 37.8 Å². The van der Waals surface area contributed by atoms with Crippen LogP contribution in [0.15, 0.2) is 40.9 Å². The van der Waals surface area contributed by atoms with Crippen molar-refractivity contribution in [3.05, 3.63) is 41.4 Å². The largest absolute Gasteiger partial charge is 0.371 e. The summed E-state index contributed by atoms with van der Waals surface area (Å²) in [5, 5.41) is 4.74. The molecule has 110 valence electrons. The van der Waals surface area contributed by atoms with Crippen molar-refractivity contribution in [2.24, 2.45) is 0 Å². The summed E-state index contributed by atoms with van der Waals surface area (Å²) in [6.45, 7) is 1.91. The molecule has 0 unspecified atom stereocenters. The minimum Gasteiger partial charge on any atom is -0.371 e. The van der Waals surface area contributed by atoms with E-state index in [1.807, 2.05) is 19.1 Å². The van der Waals surface area contributed by atoms with Crippen molar-refractivity contribution in [1.29, 1.82) is 0 Å². The molecule has 6 nitrogen and oxygen atoms in total. The third-order valence-corrected chi connectivity index (χ3v) is 5.14. The van der Waals surface area contributed by atoms with E-state index in [-0.39, 0.29) is 5.03 Å². The lowest BCUT2D eigenvalue weighted by atomic mass is 10.2. The summed E-state index contributed by atoms with van der Waals surface area (Å²) in [5.74, 6) is 0.335. The van der Waals surface area contributed by atoms with Gasteiger partial charge in [-0.2, -0.15) is 8.42 Å². The Morgan fingerprint density at radius 3 is 2.86 bits per heavy atom. The zero-order valence-electron chi connectivity index (χ0n) is 11.5. The highest BCUT2D eigenvalue weighted by Gasteiger charge is 2.25. The molecule has 0 saturated carbocycles. The van der Waals surface area contributed by atoms with Gasteiger partial charge in [0.05, 0.1) is 0 Å². The standard InChI is InChI=1S/C13H14N4O2S2/c1-9-4-3-5-10(8-9)16-21(18,19)12-11(14-2)15-13-17(12)6-7-20-13/h3-8,14,16H,1-2H3. The third-order valence-electron chi connectivity index (χ3n) is 2.98. The average molecular weight is 322 g/mol. The second kappa shape index (κ2) is 5.05. The number of nitrogens with one attached hydrogen (secondary N) is 2. The molecule has 0 aliphatic heterocycles. The highest BCUT2D eigenvalue weighted by molar-refractivity contribution is 7.92. The van der Waals surface area contributed by atoms with Crippen LogP contribution in [0.25, 0.3) is 4.96 Å². The Bertz CT molecular complexity index is 896. The molecule has 3 rings (SSSR count). The lowest BCUT2D eigenvalue weighted by molar-refractivity contribution is 0.597. The number of sulfonamides is 1. The van der Waals surface area contributed by atoms with Crippen LogP contribution in [-0.4, -0.2) is 24.9 Å². The second-order valence-electron chi connectivity index (χ2n) is 4.55. The molecule has 0 bridgehead atoms. The summed E-state index contributed by atoms with van der Waals surface area (Å²) in [6, 6.07) is 7.22. The van der Waals surface area contributed by atoms with Gasteiger partial charge in [0, 0.05) is 24.3 Å². The molecule has 2 aromatic heterocycles. The smallest absolute Gasteiger partial charge is 0.281 e. The van der Waals surface area contributed by atoms with Gasteiger partial charge >= 0.3 is 0 Å². The van der Waals surface area contributed by atoms with Crippen LogP contribution < -0.4 is 10.0 Å².